The minimum atomic E-state index is -1.18. The lowest BCUT2D eigenvalue weighted by atomic mass is 9.90. The van der Waals surface area contributed by atoms with Gasteiger partial charge in [-0.2, -0.15) is 0 Å². The summed E-state index contributed by atoms with van der Waals surface area (Å²) in [6.45, 7) is 5.31. The third kappa shape index (κ3) is 5.19. The fourth-order valence-corrected chi connectivity index (χ4v) is 3.08. The molecule has 1 aromatic rings. The Labute approximate surface area is 148 Å². The molecule has 25 heavy (non-hydrogen) atoms. The van der Waals surface area contributed by atoms with Gasteiger partial charge in [-0.1, -0.05) is 12.1 Å². The maximum atomic E-state index is 12.2. The Kier molecular flexibility index (Phi) is 6.82. The van der Waals surface area contributed by atoms with Gasteiger partial charge in [0.25, 0.3) is 0 Å². The van der Waals surface area contributed by atoms with E-state index < -0.39 is 11.5 Å². The number of ether oxygens (including phenoxy) is 2. The van der Waals surface area contributed by atoms with Crippen LogP contribution in [0.25, 0.3) is 0 Å². The average Bonchev–Trinajstić information content (AvgIpc) is 2.58. The molecular weight excluding hydrogens is 322 g/mol. The molecule has 138 valence electrons. The number of carboxylic acid groups (broad SMARTS) is 1. The molecule has 1 saturated heterocycles. The van der Waals surface area contributed by atoms with Gasteiger partial charge in [-0.05, 0) is 43.9 Å². The number of carbonyl (C=O) groups is 2. The Bertz CT molecular complexity index is 608. The van der Waals surface area contributed by atoms with Crippen molar-refractivity contribution in [2.45, 2.75) is 51.5 Å². The van der Waals surface area contributed by atoms with Crippen LogP contribution in [0.4, 0.5) is 0 Å². The zero-order chi connectivity index (χ0) is 18.3. The lowest BCUT2D eigenvalue weighted by Crippen LogP contribution is -2.57. The largest absolute Gasteiger partial charge is 0.494 e. The summed E-state index contributed by atoms with van der Waals surface area (Å²) >= 11 is 0. The quantitative estimate of drug-likeness (QED) is 0.753. The van der Waals surface area contributed by atoms with Crippen molar-refractivity contribution in [2.24, 2.45) is 0 Å². The molecule has 0 bridgehead atoms. The molecule has 6 nitrogen and oxygen atoms in total. The minimum absolute atomic E-state index is 0.216. The van der Waals surface area contributed by atoms with E-state index in [1.165, 1.54) is 0 Å². The fourth-order valence-electron chi connectivity index (χ4n) is 3.08. The summed E-state index contributed by atoms with van der Waals surface area (Å²) < 4.78 is 10.7. The van der Waals surface area contributed by atoms with Gasteiger partial charge >= 0.3 is 5.97 Å². The predicted molar refractivity (Wildman–Crippen MR) is 93.8 cm³/mol. The van der Waals surface area contributed by atoms with Gasteiger partial charge in [0.15, 0.2) is 0 Å². The van der Waals surface area contributed by atoms with Crippen LogP contribution in [0, 0.1) is 6.92 Å². The first-order valence-electron chi connectivity index (χ1n) is 8.81. The van der Waals surface area contributed by atoms with E-state index in [2.05, 4.69) is 11.4 Å². The van der Waals surface area contributed by atoms with Gasteiger partial charge in [-0.3, -0.25) is 4.79 Å². The molecule has 0 unspecified atom stereocenters. The van der Waals surface area contributed by atoms with Crippen molar-refractivity contribution in [3.63, 3.8) is 0 Å². The van der Waals surface area contributed by atoms with Gasteiger partial charge in [0.1, 0.15) is 11.3 Å². The molecule has 0 radical (unpaired) electrons. The summed E-state index contributed by atoms with van der Waals surface area (Å²) in [7, 11) is 0. The number of carboxylic acids is 1. The Hall–Kier alpha value is -2.08. The molecular formula is C19H27NO5. The first kappa shape index (κ1) is 19.2. The van der Waals surface area contributed by atoms with Gasteiger partial charge < -0.3 is 19.9 Å². The standard InChI is InChI=1S/C19H27NO5/c1-3-25-16-8-7-15(13-14(16)2)5-4-6-17(21)20-19(18(22)23)9-11-24-12-10-19/h7-8,13H,3-6,9-12H2,1-2H3,(H,20,21)(H,22,23). The topological polar surface area (TPSA) is 84.9 Å². The lowest BCUT2D eigenvalue weighted by Gasteiger charge is -2.33. The number of benzene rings is 1. The first-order chi connectivity index (χ1) is 12.0. The van der Waals surface area contributed by atoms with Crippen LogP contribution in [0.3, 0.4) is 0 Å². The SMILES string of the molecule is CCOc1ccc(CCCC(=O)NC2(C(=O)O)CCOCC2)cc1C. The Balaban J connectivity index is 1.83. The highest BCUT2D eigenvalue weighted by molar-refractivity contribution is 5.87. The average molecular weight is 349 g/mol. The Morgan fingerprint density at radius 3 is 2.64 bits per heavy atom. The molecule has 1 aromatic carbocycles. The summed E-state index contributed by atoms with van der Waals surface area (Å²) in [5.74, 6) is -0.315. The van der Waals surface area contributed by atoms with Crippen molar-refractivity contribution in [1.29, 1.82) is 0 Å². The van der Waals surface area contributed by atoms with Gasteiger partial charge in [0.05, 0.1) is 6.61 Å². The maximum Gasteiger partial charge on any atom is 0.329 e. The van der Waals surface area contributed by atoms with E-state index in [1.807, 2.05) is 26.0 Å². The molecule has 0 saturated carbocycles. The molecule has 1 heterocycles. The third-order valence-electron chi connectivity index (χ3n) is 4.54. The first-order valence-corrected chi connectivity index (χ1v) is 8.81. The van der Waals surface area contributed by atoms with E-state index in [0.29, 0.717) is 45.5 Å². The zero-order valence-electron chi connectivity index (χ0n) is 15.0. The summed E-state index contributed by atoms with van der Waals surface area (Å²) in [6, 6.07) is 6.03. The Morgan fingerprint density at radius 1 is 1.32 bits per heavy atom. The van der Waals surface area contributed by atoms with E-state index in [0.717, 1.165) is 23.3 Å². The van der Waals surface area contributed by atoms with Gasteiger partial charge in [0.2, 0.25) is 5.91 Å². The van der Waals surface area contributed by atoms with E-state index >= 15 is 0 Å². The van der Waals surface area contributed by atoms with Crippen LogP contribution < -0.4 is 10.1 Å². The second-order valence-corrected chi connectivity index (χ2v) is 6.43. The summed E-state index contributed by atoms with van der Waals surface area (Å²) in [6.07, 6.45) is 2.37. The van der Waals surface area contributed by atoms with Crippen molar-refractivity contribution in [2.75, 3.05) is 19.8 Å². The molecule has 0 aliphatic carbocycles. The molecule has 1 amide bonds. The molecule has 0 atom stereocenters. The molecule has 1 aliphatic rings. The number of carbonyl (C=O) groups excluding carboxylic acids is 1. The molecule has 2 rings (SSSR count). The van der Waals surface area contributed by atoms with Crippen molar-refractivity contribution in [3.05, 3.63) is 29.3 Å². The van der Waals surface area contributed by atoms with Crippen molar-refractivity contribution in [1.82, 2.24) is 5.32 Å². The number of hydrogen-bond acceptors (Lipinski definition) is 4. The van der Waals surface area contributed by atoms with Crippen LogP contribution in [-0.2, 0) is 20.7 Å². The van der Waals surface area contributed by atoms with Crippen molar-refractivity contribution < 1.29 is 24.2 Å². The number of aliphatic carboxylic acids is 1. The number of amides is 1. The highest BCUT2D eigenvalue weighted by Crippen LogP contribution is 2.22. The van der Waals surface area contributed by atoms with Gasteiger partial charge in [-0.25, -0.2) is 4.79 Å². The van der Waals surface area contributed by atoms with Crippen LogP contribution in [0.15, 0.2) is 18.2 Å². The molecule has 1 aliphatic heterocycles. The molecule has 2 N–H and O–H groups in total. The normalized spacial score (nSPS) is 16.2. The summed E-state index contributed by atoms with van der Waals surface area (Å²) in [5.41, 5.74) is 1.05. The highest BCUT2D eigenvalue weighted by atomic mass is 16.5. The van der Waals surface area contributed by atoms with Crippen LogP contribution in [0.1, 0.15) is 43.7 Å². The van der Waals surface area contributed by atoms with Crippen LogP contribution in [-0.4, -0.2) is 42.3 Å². The number of aryl methyl sites for hydroxylation is 2. The second-order valence-electron chi connectivity index (χ2n) is 6.43. The number of rotatable bonds is 8. The Morgan fingerprint density at radius 2 is 2.04 bits per heavy atom. The summed E-state index contributed by atoms with van der Waals surface area (Å²) in [4.78, 5) is 23.7. The van der Waals surface area contributed by atoms with E-state index in [-0.39, 0.29) is 5.91 Å². The van der Waals surface area contributed by atoms with Crippen molar-refractivity contribution in [3.8, 4) is 5.75 Å². The van der Waals surface area contributed by atoms with Gasteiger partial charge in [-0.15, -0.1) is 0 Å². The van der Waals surface area contributed by atoms with Gasteiger partial charge in [0, 0.05) is 32.5 Å². The van der Waals surface area contributed by atoms with E-state index in [9.17, 15) is 14.7 Å². The summed E-state index contributed by atoms with van der Waals surface area (Å²) in [5, 5.41) is 12.2. The third-order valence-corrected chi connectivity index (χ3v) is 4.54. The fraction of sp³-hybridized carbons (Fsp3) is 0.579. The predicted octanol–water partition coefficient (Wildman–Crippen LogP) is 2.47. The lowest BCUT2D eigenvalue weighted by molar-refractivity contribution is -0.152. The number of hydrogen-bond donors (Lipinski definition) is 2. The van der Waals surface area contributed by atoms with Crippen molar-refractivity contribution >= 4 is 11.9 Å². The number of nitrogens with one attached hydrogen (secondary N) is 1. The monoisotopic (exact) mass is 349 g/mol. The van der Waals surface area contributed by atoms with E-state index in [4.69, 9.17) is 9.47 Å². The van der Waals surface area contributed by atoms with Crippen LogP contribution in [0.2, 0.25) is 0 Å². The highest BCUT2D eigenvalue weighted by Gasteiger charge is 2.41. The second kappa shape index (κ2) is 8.85. The molecule has 6 heteroatoms. The van der Waals surface area contributed by atoms with E-state index in [1.54, 1.807) is 0 Å². The molecule has 0 aromatic heterocycles. The smallest absolute Gasteiger partial charge is 0.329 e. The van der Waals surface area contributed by atoms with Crippen LogP contribution in [0.5, 0.6) is 5.75 Å². The maximum absolute atomic E-state index is 12.2. The minimum Gasteiger partial charge on any atom is -0.494 e. The zero-order valence-corrected chi connectivity index (χ0v) is 15.0. The molecule has 0 spiro atoms. The molecule has 1 fully saturated rings. The van der Waals surface area contributed by atoms with Crippen LogP contribution >= 0.6 is 0 Å².